The summed E-state index contributed by atoms with van der Waals surface area (Å²) in [5, 5.41) is 0. The SMILES string of the molecule is O=C(OC1(c2ccccc2)CCCC1)N1CCSCC1. The lowest BCUT2D eigenvalue weighted by molar-refractivity contribution is -0.00810. The van der Waals surface area contributed by atoms with Gasteiger partial charge >= 0.3 is 6.09 Å². The maximum atomic E-state index is 12.4. The highest BCUT2D eigenvalue weighted by atomic mass is 32.2. The third-order valence-electron chi connectivity index (χ3n) is 4.26. The molecule has 1 aromatic rings. The van der Waals surface area contributed by atoms with Crippen LogP contribution in [0.3, 0.4) is 0 Å². The third kappa shape index (κ3) is 2.80. The van der Waals surface area contributed by atoms with Crippen LogP contribution in [-0.2, 0) is 10.3 Å². The molecule has 1 heterocycles. The quantitative estimate of drug-likeness (QED) is 0.833. The highest BCUT2D eigenvalue weighted by molar-refractivity contribution is 7.99. The predicted molar refractivity (Wildman–Crippen MR) is 82.0 cm³/mol. The number of carbonyl (C=O) groups is 1. The van der Waals surface area contributed by atoms with Crippen LogP contribution in [0.2, 0.25) is 0 Å². The Kier molecular flexibility index (Phi) is 4.20. The van der Waals surface area contributed by atoms with Crippen LogP contribution in [0, 0.1) is 0 Å². The van der Waals surface area contributed by atoms with Gasteiger partial charge in [0.25, 0.3) is 0 Å². The third-order valence-corrected chi connectivity index (χ3v) is 5.21. The Hall–Kier alpha value is -1.16. The van der Waals surface area contributed by atoms with Gasteiger partial charge in [0.05, 0.1) is 0 Å². The molecule has 1 saturated heterocycles. The van der Waals surface area contributed by atoms with Gasteiger partial charge in [0, 0.05) is 24.6 Å². The van der Waals surface area contributed by atoms with Gasteiger partial charge in [-0.2, -0.15) is 11.8 Å². The molecule has 3 nitrogen and oxygen atoms in total. The number of rotatable bonds is 2. The molecular weight excluding hydrogens is 270 g/mol. The minimum Gasteiger partial charge on any atom is -0.438 e. The van der Waals surface area contributed by atoms with Crippen LogP contribution in [0.5, 0.6) is 0 Å². The summed E-state index contributed by atoms with van der Waals surface area (Å²) in [5.41, 5.74) is 0.764. The molecule has 1 aliphatic carbocycles. The summed E-state index contributed by atoms with van der Waals surface area (Å²) in [5.74, 6) is 2.04. The van der Waals surface area contributed by atoms with E-state index in [1.54, 1.807) is 0 Å². The van der Waals surface area contributed by atoms with Gasteiger partial charge in [0.1, 0.15) is 5.60 Å². The summed E-state index contributed by atoms with van der Waals surface area (Å²) in [6, 6.07) is 10.2. The smallest absolute Gasteiger partial charge is 0.410 e. The first kappa shape index (κ1) is 13.8. The summed E-state index contributed by atoms with van der Waals surface area (Å²) >= 11 is 1.90. The van der Waals surface area contributed by atoms with E-state index in [0.717, 1.165) is 55.8 Å². The number of carbonyl (C=O) groups excluding carboxylic acids is 1. The number of nitrogens with zero attached hydrogens (tertiary/aromatic N) is 1. The molecule has 2 fully saturated rings. The molecule has 0 bridgehead atoms. The molecule has 20 heavy (non-hydrogen) atoms. The zero-order valence-electron chi connectivity index (χ0n) is 11.7. The van der Waals surface area contributed by atoms with Gasteiger partial charge in [-0.1, -0.05) is 30.3 Å². The lowest BCUT2D eigenvalue weighted by Gasteiger charge is -2.34. The molecule has 2 aliphatic rings. The van der Waals surface area contributed by atoms with Gasteiger partial charge in [0.2, 0.25) is 0 Å². The summed E-state index contributed by atoms with van der Waals surface area (Å²) in [4.78, 5) is 14.3. The Balaban J connectivity index is 1.76. The lowest BCUT2D eigenvalue weighted by atomic mass is 9.92. The second-order valence-corrected chi connectivity index (χ2v) is 6.76. The zero-order chi connectivity index (χ0) is 13.8. The molecule has 4 heteroatoms. The maximum Gasteiger partial charge on any atom is 0.410 e. The van der Waals surface area contributed by atoms with Crippen molar-refractivity contribution in [2.75, 3.05) is 24.6 Å². The Labute approximate surface area is 124 Å². The van der Waals surface area contributed by atoms with Crippen LogP contribution in [-0.4, -0.2) is 35.6 Å². The van der Waals surface area contributed by atoms with Gasteiger partial charge in [0.15, 0.2) is 0 Å². The van der Waals surface area contributed by atoms with E-state index in [9.17, 15) is 4.79 Å². The molecule has 0 spiro atoms. The minimum absolute atomic E-state index is 0.129. The number of benzene rings is 1. The highest BCUT2D eigenvalue weighted by Crippen LogP contribution is 2.42. The standard InChI is InChI=1S/C16H21NO2S/c18-15(17-10-12-20-13-11-17)19-16(8-4-5-9-16)14-6-2-1-3-7-14/h1-3,6-7H,4-5,8-13H2. The fourth-order valence-corrected chi connectivity index (χ4v) is 4.02. The molecule has 0 radical (unpaired) electrons. The van der Waals surface area contributed by atoms with Crippen LogP contribution >= 0.6 is 11.8 Å². The number of amides is 1. The van der Waals surface area contributed by atoms with Gasteiger partial charge in [-0.15, -0.1) is 0 Å². The summed E-state index contributed by atoms with van der Waals surface area (Å²) in [6.45, 7) is 1.63. The van der Waals surface area contributed by atoms with Gasteiger partial charge < -0.3 is 9.64 Å². The van der Waals surface area contributed by atoms with Crippen molar-refractivity contribution < 1.29 is 9.53 Å². The molecule has 3 rings (SSSR count). The Morgan fingerprint density at radius 1 is 1.10 bits per heavy atom. The van der Waals surface area contributed by atoms with E-state index in [-0.39, 0.29) is 11.7 Å². The van der Waals surface area contributed by atoms with E-state index in [4.69, 9.17) is 4.74 Å². The predicted octanol–water partition coefficient (Wildman–Crippen LogP) is 3.64. The molecular formula is C16H21NO2S. The first-order chi connectivity index (χ1) is 9.80. The first-order valence-corrected chi connectivity index (χ1v) is 8.57. The molecule has 108 valence electrons. The summed E-state index contributed by atoms with van der Waals surface area (Å²) in [6.07, 6.45) is 4.04. The second-order valence-electron chi connectivity index (χ2n) is 5.53. The largest absolute Gasteiger partial charge is 0.438 e. The molecule has 1 aromatic carbocycles. The molecule has 1 saturated carbocycles. The molecule has 0 unspecified atom stereocenters. The first-order valence-electron chi connectivity index (χ1n) is 7.41. The van der Waals surface area contributed by atoms with E-state index in [0.29, 0.717) is 0 Å². The van der Waals surface area contributed by atoms with Gasteiger partial charge in [-0.3, -0.25) is 0 Å². The van der Waals surface area contributed by atoms with Crippen molar-refractivity contribution in [3.63, 3.8) is 0 Å². The second kappa shape index (κ2) is 6.08. The number of ether oxygens (including phenoxy) is 1. The van der Waals surface area contributed by atoms with Crippen molar-refractivity contribution in [2.24, 2.45) is 0 Å². The van der Waals surface area contributed by atoms with Crippen LogP contribution in [0.15, 0.2) is 30.3 Å². The van der Waals surface area contributed by atoms with Crippen LogP contribution < -0.4 is 0 Å². The molecule has 0 N–H and O–H groups in total. The number of hydrogen-bond donors (Lipinski definition) is 0. The average molecular weight is 291 g/mol. The highest BCUT2D eigenvalue weighted by Gasteiger charge is 2.40. The fourth-order valence-electron chi connectivity index (χ4n) is 3.12. The number of thioether (sulfide) groups is 1. The maximum absolute atomic E-state index is 12.4. The molecule has 1 aliphatic heterocycles. The fraction of sp³-hybridized carbons (Fsp3) is 0.562. The van der Waals surface area contributed by atoms with Crippen molar-refractivity contribution in [3.05, 3.63) is 35.9 Å². The van der Waals surface area contributed by atoms with E-state index in [1.807, 2.05) is 34.9 Å². The van der Waals surface area contributed by atoms with Crippen molar-refractivity contribution in [1.29, 1.82) is 0 Å². The van der Waals surface area contributed by atoms with Crippen molar-refractivity contribution in [2.45, 2.75) is 31.3 Å². The van der Waals surface area contributed by atoms with E-state index >= 15 is 0 Å². The molecule has 1 amide bonds. The summed E-state index contributed by atoms with van der Waals surface area (Å²) in [7, 11) is 0. The van der Waals surface area contributed by atoms with E-state index in [1.165, 1.54) is 0 Å². The Morgan fingerprint density at radius 3 is 2.40 bits per heavy atom. The van der Waals surface area contributed by atoms with Crippen molar-refractivity contribution in [3.8, 4) is 0 Å². The van der Waals surface area contributed by atoms with Crippen molar-refractivity contribution >= 4 is 17.9 Å². The normalized spacial score (nSPS) is 21.7. The molecule has 0 aromatic heterocycles. The summed E-state index contributed by atoms with van der Waals surface area (Å²) < 4.78 is 6.00. The lowest BCUT2D eigenvalue weighted by Crippen LogP contribution is -2.42. The zero-order valence-corrected chi connectivity index (χ0v) is 12.5. The monoisotopic (exact) mass is 291 g/mol. The van der Waals surface area contributed by atoms with E-state index < -0.39 is 0 Å². The minimum atomic E-state index is -0.386. The van der Waals surface area contributed by atoms with Gasteiger partial charge in [-0.25, -0.2) is 4.79 Å². The van der Waals surface area contributed by atoms with E-state index in [2.05, 4.69) is 12.1 Å². The Bertz CT molecular complexity index is 451. The van der Waals surface area contributed by atoms with Crippen molar-refractivity contribution in [1.82, 2.24) is 4.90 Å². The average Bonchev–Trinajstić information content (AvgIpc) is 2.99. The molecule has 0 atom stereocenters. The Morgan fingerprint density at radius 2 is 1.75 bits per heavy atom. The van der Waals surface area contributed by atoms with Crippen LogP contribution in [0.25, 0.3) is 0 Å². The number of hydrogen-bond acceptors (Lipinski definition) is 3. The van der Waals surface area contributed by atoms with Crippen LogP contribution in [0.4, 0.5) is 4.79 Å². The van der Waals surface area contributed by atoms with Gasteiger partial charge in [-0.05, 0) is 31.2 Å². The van der Waals surface area contributed by atoms with Crippen LogP contribution in [0.1, 0.15) is 31.2 Å². The topological polar surface area (TPSA) is 29.5 Å².